The first-order chi connectivity index (χ1) is 13.8. The number of carboxylic acids is 1. The minimum absolute atomic E-state index is 0.0645. The zero-order valence-electron chi connectivity index (χ0n) is 15.0. The zero-order valence-corrected chi connectivity index (χ0v) is 16.6. The maximum atomic E-state index is 12.6. The van der Waals surface area contributed by atoms with Gasteiger partial charge in [0.25, 0.3) is 5.91 Å². The summed E-state index contributed by atoms with van der Waals surface area (Å²) in [6.07, 6.45) is 1.68. The van der Waals surface area contributed by atoms with Crippen molar-refractivity contribution in [2.45, 2.75) is 6.42 Å². The van der Waals surface area contributed by atoms with Gasteiger partial charge in [-0.3, -0.25) is 14.5 Å². The van der Waals surface area contributed by atoms with Crippen molar-refractivity contribution >= 4 is 57.8 Å². The lowest BCUT2D eigenvalue weighted by atomic mass is 10.1. The summed E-state index contributed by atoms with van der Waals surface area (Å²) < 4.78 is 0.362. The van der Waals surface area contributed by atoms with E-state index in [-0.39, 0.29) is 35.9 Å². The average Bonchev–Trinajstić information content (AvgIpc) is 2.95. The van der Waals surface area contributed by atoms with Crippen LogP contribution in [-0.4, -0.2) is 43.8 Å². The first-order valence-electron chi connectivity index (χ1n) is 8.52. The van der Waals surface area contributed by atoms with Crippen molar-refractivity contribution in [3.05, 3.63) is 64.6 Å². The third-order valence-corrected chi connectivity index (χ3v) is 5.42. The number of rotatable bonds is 6. The summed E-state index contributed by atoms with van der Waals surface area (Å²) in [5.41, 5.74) is 0.712. The summed E-state index contributed by atoms with van der Waals surface area (Å²) in [5, 5.41) is 21.1. The number of aromatic carboxylic acids is 1. The minimum atomic E-state index is -1.28. The van der Waals surface area contributed by atoms with Gasteiger partial charge >= 0.3 is 5.97 Å². The fourth-order valence-corrected chi connectivity index (χ4v) is 3.95. The molecule has 2 amide bonds. The lowest BCUT2D eigenvalue weighted by Crippen LogP contribution is -2.31. The molecular formula is C20H16N2O5S2. The average molecular weight is 428 g/mol. The summed E-state index contributed by atoms with van der Waals surface area (Å²) in [6, 6.07) is 13.0. The van der Waals surface area contributed by atoms with Crippen LogP contribution in [0.3, 0.4) is 0 Å². The molecule has 1 fully saturated rings. The Bertz CT molecular complexity index is 1020. The van der Waals surface area contributed by atoms with Crippen molar-refractivity contribution in [2.24, 2.45) is 0 Å². The summed E-state index contributed by atoms with van der Waals surface area (Å²) >= 11 is 6.42. The topological polar surface area (TPSA) is 107 Å². The summed E-state index contributed by atoms with van der Waals surface area (Å²) in [4.78, 5) is 37.9. The van der Waals surface area contributed by atoms with E-state index >= 15 is 0 Å². The fraction of sp³-hybridized carbons (Fsp3) is 0.100. The number of phenols is 1. The smallest absolute Gasteiger partial charge is 0.337 e. The van der Waals surface area contributed by atoms with Crippen LogP contribution < -0.4 is 5.32 Å². The second-order valence-corrected chi connectivity index (χ2v) is 7.75. The van der Waals surface area contributed by atoms with E-state index < -0.39 is 11.9 Å². The van der Waals surface area contributed by atoms with Gasteiger partial charge < -0.3 is 15.5 Å². The number of benzene rings is 2. The predicted molar refractivity (Wildman–Crippen MR) is 115 cm³/mol. The Morgan fingerprint density at radius 2 is 1.90 bits per heavy atom. The van der Waals surface area contributed by atoms with Crippen LogP contribution in [0.1, 0.15) is 22.3 Å². The lowest BCUT2D eigenvalue weighted by molar-refractivity contribution is -0.122. The van der Waals surface area contributed by atoms with E-state index in [1.165, 1.54) is 28.8 Å². The molecule has 3 rings (SSSR count). The maximum absolute atomic E-state index is 12.6. The molecule has 0 spiro atoms. The third kappa shape index (κ3) is 5.01. The zero-order chi connectivity index (χ0) is 21.0. The van der Waals surface area contributed by atoms with Crippen molar-refractivity contribution in [2.75, 3.05) is 11.9 Å². The number of nitrogens with one attached hydrogen (secondary N) is 1. The van der Waals surface area contributed by atoms with Crippen molar-refractivity contribution in [1.82, 2.24) is 4.90 Å². The van der Waals surface area contributed by atoms with Crippen LogP contribution in [0.4, 0.5) is 5.69 Å². The second kappa shape index (κ2) is 8.89. The van der Waals surface area contributed by atoms with Crippen molar-refractivity contribution < 1.29 is 24.6 Å². The first kappa shape index (κ1) is 20.6. The summed E-state index contributed by atoms with van der Waals surface area (Å²) in [5.74, 6) is -2.24. The van der Waals surface area contributed by atoms with Gasteiger partial charge in [-0.15, -0.1) is 0 Å². The van der Waals surface area contributed by atoms with Gasteiger partial charge in [0.05, 0.1) is 16.2 Å². The molecule has 0 unspecified atom stereocenters. The molecule has 0 saturated carbocycles. The van der Waals surface area contributed by atoms with Gasteiger partial charge in [-0.1, -0.05) is 54.3 Å². The van der Waals surface area contributed by atoms with Gasteiger partial charge in [-0.05, 0) is 29.8 Å². The van der Waals surface area contributed by atoms with E-state index in [2.05, 4.69) is 5.32 Å². The van der Waals surface area contributed by atoms with Crippen molar-refractivity contribution in [3.63, 3.8) is 0 Å². The Balaban J connectivity index is 1.63. The highest BCUT2D eigenvalue weighted by Gasteiger charge is 2.32. The van der Waals surface area contributed by atoms with Gasteiger partial charge in [0.1, 0.15) is 10.1 Å². The Kier molecular flexibility index (Phi) is 6.30. The van der Waals surface area contributed by atoms with Crippen LogP contribution in [0.2, 0.25) is 0 Å². The van der Waals surface area contributed by atoms with Crippen LogP contribution in [0.25, 0.3) is 6.08 Å². The predicted octanol–water partition coefficient (Wildman–Crippen LogP) is 3.32. The molecule has 0 aromatic heterocycles. The molecule has 1 aliphatic rings. The molecule has 2 aromatic rings. The highest BCUT2D eigenvalue weighted by molar-refractivity contribution is 8.26. The van der Waals surface area contributed by atoms with Crippen LogP contribution in [0, 0.1) is 0 Å². The quantitative estimate of drug-likeness (QED) is 0.368. The Hall–Kier alpha value is -3.17. The number of anilines is 1. The highest BCUT2D eigenvalue weighted by atomic mass is 32.2. The molecule has 1 saturated heterocycles. The van der Waals surface area contributed by atoms with Crippen LogP contribution >= 0.6 is 24.0 Å². The number of aromatic hydroxyl groups is 1. The largest absolute Gasteiger partial charge is 0.508 e. The number of hydrogen-bond donors (Lipinski definition) is 3. The molecule has 1 aliphatic heterocycles. The molecule has 29 heavy (non-hydrogen) atoms. The minimum Gasteiger partial charge on any atom is -0.508 e. The normalized spacial score (nSPS) is 15.0. The Morgan fingerprint density at radius 3 is 2.59 bits per heavy atom. The second-order valence-electron chi connectivity index (χ2n) is 6.08. The van der Waals surface area contributed by atoms with Gasteiger partial charge in [-0.2, -0.15) is 0 Å². The standard InChI is InChI=1S/C20H16N2O5S2/c23-13-6-7-15(14(11-13)19(26)27)21-17(24)8-9-22-18(25)16(29-20(22)28)10-12-4-2-1-3-5-12/h1-7,10-11,23H,8-9H2,(H,21,24)(H,26,27)/b16-10+. The number of thiocarbonyl (C=S) groups is 1. The number of carbonyl (C=O) groups excluding carboxylic acids is 2. The number of amides is 2. The van der Waals surface area contributed by atoms with Crippen LogP contribution in [-0.2, 0) is 9.59 Å². The Labute approximate surface area is 176 Å². The highest BCUT2D eigenvalue weighted by Crippen LogP contribution is 2.32. The van der Waals surface area contributed by atoms with Crippen LogP contribution in [0.5, 0.6) is 5.75 Å². The lowest BCUT2D eigenvalue weighted by Gasteiger charge is -2.14. The van der Waals surface area contributed by atoms with Crippen molar-refractivity contribution in [3.8, 4) is 5.75 Å². The van der Waals surface area contributed by atoms with Gasteiger partial charge in [0, 0.05) is 13.0 Å². The monoisotopic (exact) mass is 428 g/mol. The van der Waals surface area contributed by atoms with E-state index in [9.17, 15) is 24.6 Å². The molecule has 3 N–H and O–H groups in total. The fourth-order valence-electron chi connectivity index (χ4n) is 2.64. The van der Waals surface area contributed by atoms with E-state index in [0.717, 1.165) is 11.6 Å². The third-order valence-electron chi connectivity index (χ3n) is 4.04. The van der Waals surface area contributed by atoms with Gasteiger partial charge in [0.15, 0.2) is 0 Å². The van der Waals surface area contributed by atoms with E-state index in [4.69, 9.17) is 12.2 Å². The van der Waals surface area contributed by atoms with E-state index in [1.54, 1.807) is 6.08 Å². The number of nitrogens with zero attached hydrogens (tertiary/aromatic N) is 1. The van der Waals surface area contributed by atoms with E-state index in [1.807, 2.05) is 30.3 Å². The van der Waals surface area contributed by atoms with Gasteiger partial charge in [0.2, 0.25) is 5.91 Å². The Morgan fingerprint density at radius 1 is 1.17 bits per heavy atom. The maximum Gasteiger partial charge on any atom is 0.337 e. The molecular weight excluding hydrogens is 412 g/mol. The molecule has 7 nitrogen and oxygen atoms in total. The molecule has 1 heterocycles. The number of carboxylic acid groups (broad SMARTS) is 1. The molecule has 0 atom stereocenters. The molecule has 0 aliphatic carbocycles. The summed E-state index contributed by atoms with van der Waals surface area (Å²) in [6.45, 7) is 0.0725. The molecule has 0 radical (unpaired) electrons. The number of thioether (sulfide) groups is 1. The number of phenolic OH excluding ortho intramolecular Hbond substituents is 1. The number of carbonyl (C=O) groups is 3. The van der Waals surface area contributed by atoms with Gasteiger partial charge in [-0.25, -0.2) is 4.79 Å². The number of hydrogen-bond acceptors (Lipinski definition) is 6. The summed E-state index contributed by atoms with van der Waals surface area (Å²) in [7, 11) is 0. The molecule has 2 aromatic carbocycles. The van der Waals surface area contributed by atoms with Crippen molar-refractivity contribution in [1.29, 1.82) is 0 Å². The molecule has 148 valence electrons. The van der Waals surface area contributed by atoms with E-state index in [0.29, 0.717) is 9.23 Å². The first-order valence-corrected chi connectivity index (χ1v) is 9.74. The SMILES string of the molecule is O=C(CCN1C(=O)/C(=C\c2ccccc2)SC1=S)Nc1ccc(O)cc1C(=O)O. The molecule has 9 heteroatoms. The molecule has 0 bridgehead atoms. The van der Waals surface area contributed by atoms with Crippen LogP contribution in [0.15, 0.2) is 53.4 Å².